The Morgan fingerprint density at radius 2 is 1.96 bits per heavy atom. The number of carbonyl (C=O) groups is 2. The van der Waals surface area contributed by atoms with E-state index in [0.717, 1.165) is 10.1 Å². The fourth-order valence-corrected chi connectivity index (χ4v) is 3.46. The first-order chi connectivity index (χ1) is 13.1. The lowest BCUT2D eigenvalue weighted by Crippen LogP contribution is -2.42. The van der Waals surface area contributed by atoms with Gasteiger partial charge in [0.1, 0.15) is 11.5 Å². The van der Waals surface area contributed by atoms with Crippen molar-refractivity contribution in [2.24, 2.45) is 7.05 Å². The molecule has 0 atom stereocenters. The van der Waals surface area contributed by atoms with E-state index in [4.69, 9.17) is 0 Å². The summed E-state index contributed by atoms with van der Waals surface area (Å²) >= 11 is 0. The highest BCUT2D eigenvalue weighted by Crippen LogP contribution is 2.29. The number of fused-ring (bicyclic) bond motifs is 1. The Bertz CT molecular complexity index is 1040. The van der Waals surface area contributed by atoms with Gasteiger partial charge in [0, 0.05) is 39.8 Å². The number of pyridine rings is 1. The smallest absolute Gasteiger partial charge is 0.293 e. The summed E-state index contributed by atoms with van der Waals surface area (Å²) < 4.78 is 14.7. The second-order valence-electron chi connectivity index (χ2n) is 7.16. The Hall–Kier alpha value is -3.16. The number of halogens is 1. The maximum atomic E-state index is 13.6. The Balaban J connectivity index is 2.09. The highest BCUT2D eigenvalue weighted by atomic mass is 19.1. The molecule has 3 rings (SSSR count). The number of aromatic hydroxyl groups is 1. The van der Waals surface area contributed by atoms with E-state index in [-0.39, 0.29) is 24.3 Å². The molecule has 0 unspecified atom stereocenters. The Kier molecular flexibility index (Phi) is 4.97. The van der Waals surface area contributed by atoms with Crippen molar-refractivity contribution >= 4 is 11.8 Å². The molecule has 1 N–H and O–H groups in total. The molecule has 0 fully saturated rings. The van der Waals surface area contributed by atoms with Crippen LogP contribution in [0.1, 0.15) is 37.5 Å². The molecule has 0 radical (unpaired) electrons. The predicted octanol–water partition coefficient (Wildman–Crippen LogP) is 1.44. The Morgan fingerprint density at radius 1 is 1.29 bits per heavy atom. The highest BCUT2D eigenvalue weighted by molar-refractivity contribution is 6.03. The van der Waals surface area contributed by atoms with Crippen LogP contribution in [0.2, 0.25) is 0 Å². The van der Waals surface area contributed by atoms with Gasteiger partial charge in [-0.1, -0.05) is 6.07 Å². The summed E-state index contributed by atoms with van der Waals surface area (Å²) in [5.41, 5.74) is 0.976. The van der Waals surface area contributed by atoms with E-state index in [9.17, 15) is 23.9 Å². The van der Waals surface area contributed by atoms with Crippen molar-refractivity contribution in [2.75, 3.05) is 20.6 Å². The van der Waals surface area contributed by atoms with Crippen molar-refractivity contribution in [1.29, 1.82) is 0 Å². The standard InChI is InChI=1S/C20H22FN3O4/c1-11-5-6-13(21)9-12(11)10-24-8-7-14-15(18(24)26)17(25)20(28)23(4)16(14)19(27)22(2)3/h5-6,9,25H,7-8,10H2,1-4H3. The third-order valence-corrected chi connectivity index (χ3v) is 5.08. The van der Waals surface area contributed by atoms with Gasteiger partial charge in [0.2, 0.25) is 0 Å². The molecule has 0 bridgehead atoms. The number of hydrogen-bond donors (Lipinski definition) is 1. The van der Waals surface area contributed by atoms with E-state index >= 15 is 0 Å². The summed E-state index contributed by atoms with van der Waals surface area (Å²) in [5, 5.41) is 10.4. The van der Waals surface area contributed by atoms with Crippen LogP contribution in [0.5, 0.6) is 5.75 Å². The first-order valence-corrected chi connectivity index (χ1v) is 8.84. The van der Waals surface area contributed by atoms with Gasteiger partial charge < -0.3 is 19.5 Å². The van der Waals surface area contributed by atoms with Gasteiger partial charge in [-0.05, 0) is 36.6 Å². The number of rotatable bonds is 3. The summed E-state index contributed by atoms with van der Waals surface area (Å²) in [6, 6.07) is 4.35. The maximum absolute atomic E-state index is 13.6. The van der Waals surface area contributed by atoms with Gasteiger partial charge in [0.05, 0.1) is 5.56 Å². The number of hydrogen-bond acceptors (Lipinski definition) is 4. The van der Waals surface area contributed by atoms with E-state index in [2.05, 4.69) is 0 Å². The molecule has 7 nitrogen and oxygen atoms in total. The SMILES string of the molecule is Cc1ccc(F)cc1CN1CCc2c(c(O)c(=O)n(C)c2C(=O)N(C)C)C1=O. The van der Waals surface area contributed by atoms with Crippen LogP contribution in [0.3, 0.4) is 0 Å². The third-order valence-electron chi connectivity index (χ3n) is 5.08. The van der Waals surface area contributed by atoms with Gasteiger partial charge in [-0.15, -0.1) is 0 Å². The zero-order chi connectivity index (χ0) is 20.7. The molecule has 0 spiro atoms. The molecule has 28 heavy (non-hydrogen) atoms. The van der Waals surface area contributed by atoms with Gasteiger partial charge in [0.15, 0.2) is 5.75 Å². The van der Waals surface area contributed by atoms with Crippen molar-refractivity contribution in [3.05, 3.63) is 62.3 Å². The van der Waals surface area contributed by atoms with Gasteiger partial charge in [0.25, 0.3) is 17.4 Å². The van der Waals surface area contributed by atoms with Crippen molar-refractivity contribution < 1.29 is 19.1 Å². The summed E-state index contributed by atoms with van der Waals surface area (Å²) in [6.45, 7) is 2.25. The van der Waals surface area contributed by atoms with Gasteiger partial charge in [-0.3, -0.25) is 14.4 Å². The minimum Gasteiger partial charge on any atom is -0.502 e. The van der Waals surface area contributed by atoms with Crippen LogP contribution < -0.4 is 5.56 Å². The average Bonchev–Trinajstić information content (AvgIpc) is 2.64. The number of benzene rings is 1. The largest absolute Gasteiger partial charge is 0.502 e. The first kappa shape index (κ1) is 19.6. The normalized spacial score (nSPS) is 13.5. The third kappa shape index (κ3) is 3.15. The van der Waals surface area contributed by atoms with Crippen molar-refractivity contribution in [3.8, 4) is 5.75 Å². The lowest BCUT2D eigenvalue weighted by atomic mass is 9.95. The quantitative estimate of drug-likeness (QED) is 0.864. The lowest BCUT2D eigenvalue weighted by Gasteiger charge is -2.31. The minimum absolute atomic E-state index is 0.0951. The number of nitrogens with zero attached hydrogens (tertiary/aromatic N) is 3. The number of amides is 2. The summed E-state index contributed by atoms with van der Waals surface area (Å²) in [6.07, 6.45) is 0.298. The van der Waals surface area contributed by atoms with E-state index in [1.807, 2.05) is 6.92 Å². The Morgan fingerprint density at radius 3 is 2.61 bits per heavy atom. The van der Waals surface area contributed by atoms with E-state index in [1.165, 1.54) is 29.0 Å². The number of aromatic nitrogens is 1. The summed E-state index contributed by atoms with van der Waals surface area (Å²) in [7, 11) is 4.50. The van der Waals surface area contributed by atoms with E-state index in [1.54, 1.807) is 20.2 Å². The summed E-state index contributed by atoms with van der Waals surface area (Å²) in [4.78, 5) is 40.8. The molecule has 0 aliphatic carbocycles. The zero-order valence-corrected chi connectivity index (χ0v) is 16.2. The molecular formula is C20H22FN3O4. The van der Waals surface area contributed by atoms with Crippen LogP contribution in [-0.2, 0) is 20.0 Å². The zero-order valence-electron chi connectivity index (χ0n) is 16.2. The van der Waals surface area contributed by atoms with Crippen LogP contribution in [0.4, 0.5) is 4.39 Å². The van der Waals surface area contributed by atoms with Crippen LogP contribution in [0, 0.1) is 12.7 Å². The molecular weight excluding hydrogens is 365 g/mol. The monoisotopic (exact) mass is 387 g/mol. The molecule has 0 saturated heterocycles. The van der Waals surface area contributed by atoms with Gasteiger partial charge in [-0.25, -0.2) is 4.39 Å². The molecule has 148 valence electrons. The van der Waals surface area contributed by atoms with Crippen molar-refractivity contribution in [3.63, 3.8) is 0 Å². The molecule has 1 aliphatic rings. The van der Waals surface area contributed by atoms with Gasteiger partial charge >= 0.3 is 0 Å². The number of carbonyl (C=O) groups excluding carboxylic acids is 2. The van der Waals surface area contributed by atoms with E-state index < -0.39 is 28.9 Å². The van der Waals surface area contributed by atoms with Crippen LogP contribution >= 0.6 is 0 Å². The van der Waals surface area contributed by atoms with E-state index in [0.29, 0.717) is 17.5 Å². The van der Waals surface area contributed by atoms with Crippen molar-refractivity contribution in [2.45, 2.75) is 19.9 Å². The maximum Gasteiger partial charge on any atom is 0.293 e. The highest BCUT2D eigenvalue weighted by Gasteiger charge is 2.34. The molecule has 2 heterocycles. The van der Waals surface area contributed by atoms with Crippen LogP contribution in [-0.4, -0.2) is 51.9 Å². The summed E-state index contributed by atoms with van der Waals surface area (Å²) in [5.74, 6) is -2.04. The predicted molar refractivity (Wildman–Crippen MR) is 101 cm³/mol. The minimum atomic E-state index is -0.805. The molecule has 0 saturated carbocycles. The molecule has 1 aliphatic heterocycles. The Labute approximate surface area is 161 Å². The molecule has 2 amide bonds. The van der Waals surface area contributed by atoms with Crippen LogP contribution in [0.15, 0.2) is 23.0 Å². The molecule has 8 heteroatoms. The van der Waals surface area contributed by atoms with Crippen LogP contribution in [0.25, 0.3) is 0 Å². The molecule has 2 aromatic rings. The lowest BCUT2D eigenvalue weighted by molar-refractivity contribution is 0.0719. The topological polar surface area (TPSA) is 82.8 Å². The fraction of sp³-hybridized carbons (Fsp3) is 0.350. The molecule has 1 aromatic carbocycles. The van der Waals surface area contributed by atoms with Gasteiger partial charge in [-0.2, -0.15) is 0 Å². The average molecular weight is 387 g/mol. The fourth-order valence-electron chi connectivity index (χ4n) is 3.46. The number of aryl methyl sites for hydroxylation is 1. The first-order valence-electron chi connectivity index (χ1n) is 8.84. The second kappa shape index (κ2) is 7.10. The molecule has 1 aromatic heterocycles. The second-order valence-corrected chi connectivity index (χ2v) is 7.16. The van der Waals surface area contributed by atoms with Crippen molar-refractivity contribution in [1.82, 2.24) is 14.4 Å².